The molecule has 11 heavy (non-hydrogen) atoms. The number of amides is 1. The van der Waals surface area contributed by atoms with Gasteiger partial charge in [-0.05, 0) is 0 Å². The average Bonchev–Trinajstić information content (AvgIpc) is 2.45. The molecule has 0 spiro atoms. The third-order valence-electron chi connectivity index (χ3n) is 1.59. The number of carbonyl (C=O) groups excluding carboxylic acids is 1. The maximum absolute atomic E-state index is 11.2. The highest BCUT2D eigenvalue weighted by molar-refractivity contribution is 7.78. The van der Waals surface area contributed by atoms with Crippen molar-refractivity contribution in [3.63, 3.8) is 0 Å². The fourth-order valence-corrected chi connectivity index (χ4v) is 1.18. The number of aromatic nitrogens is 3. The van der Waals surface area contributed by atoms with Gasteiger partial charge in [0.25, 0.3) is 0 Å². The van der Waals surface area contributed by atoms with Gasteiger partial charge in [0.15, 0.2) is 0 Å². The molecule has 6 heteroatoms. The second-order valence-electron chi connectivity index (χ2n) is 2.28. The first kappa shape index (κ1) is 6.66. The van der Waals surface area contributed by atoms with Crippen LogP contribution in [-0.4, -0.2) is 31.5 Å². The van der Waals surface area contributed by atoms with Crippen molar-refractivity contribution in [2.45, 2.75) is 6.54 Å². The lowest BCUT2D eigenvalue weighted by Gasteiger charge is -2.20. The maximum atomic E-state index is 11.2. The van der Waals surface area contributed by atoms with Gasteiger partial charge in [-0.25, -0.2) is 0 Å². The van der Waals surface area contributed by atoms with E-state index in [2.05, 4.69) is 23.0 Å². The lowest BCUT2D eigenvalue weighted by atomic mass is 10.4. The van der Waals surface area contributed by atoms with Crippen LogP contribution in [0.5, 0.6) is 0 Å². The summed E-state index contributed by atoms with van der Waals surface area (Å²) in [6, 6.07) is 0. The van der Waals surface area contributed by atoms with Gasteiger partial charge >= 0.3 is 5.91 Å². The summed E-state index contributed by atoms with van der Waals surface area (Å²) in [7, 11) is 0. The van der Waals surface area contributed by atoms with Crippen LogP contribution >= 0.6 is 12.8 Å². The molecule has 0 atom stereocenters. The Bertz CT molecular complexity index is 296. The molecule has 1 aliphatic heterocycles. The van der Waals surface area contributed by atoms with Gasteiger partial charge in [-0.15, -0.1) is 10.2 Å². The Morgan fingerprint density at radius 3 is 3.18 bits per heavy atom. The number of nitrogens with zero attached hydrogens (tertiary/aromatic N) is 4. The maximum Gasteiger partial charge on any atom is 0.301 e. The van der Waals surface area contributed by atoms with Crippen molar-refractivity contribution in [2.24, 2.45) is 0 Å². The quantitative estimate of drug-likeness (QED) is 0.538. The third kappa shape index (κ3) is 0.900. The topological polar surface area (TPSA) is 51.0 Å². The number of hydrogen-bond donors (Lipinski definition) is 1. The number of carbonyl (C=O) groups is 1. The van der Waals surface area contributed by atoms with Crippen molar-refractivity contribution >= 4 is 18.7 Å². The van der Waals surface area contributed by atoms with Crippen molar-refractivity contribution in [3.8, 4) is 0 Å². The van der Waals surface area contributed by atoms with E-state index >= 15 is 0 Å². The van der Waals surface area contributed by atoms with E-state index in [1.54, 1.807) is 10.9 Å². The molecule has 5 nitrogen and oxygen atoms in total. The summed E-state index contributed by atoms with van der Waals surface area (Å²) < 4.78 is 3.05. The Balaban J connectivity index is 2.46. The first-order chi connectivity index (χ1) is 5.29. The smallest absolute Gasteiger partial charge is 0.301 e. The molecule has 0 saturated carbocycles. The van der Waals surface area contributed by atoms with E-state index in [0.29, 0.717) is 12.4 Å². The van der Waals surface area contributed by atoms with E-state index < -0.39 is 0 Å². The first-order valence-corrected chi connectivity index (χ1v) is 3.57. The van der Waals surface area contributed by atoms with E-state index in [-0.39, 0.29) is 5.91 Å². The Morgan fingerprint density at radius 2 is 2.36 bits per heavy atom. The molecule has 0 bridgehead atoms. The molecule has 0 fully saturated rings. The fourth-order valence-electron chi connectivity index (χ4n) is 1.00. The number of hydrogen-bond acceptors (Lipinski definition) is 4. The van der Waals surface area contributed by atoms with Crippen LogP contribution in [0.2, 0.25) is 0 Å². The van der Waals surface area contributed by atoms with Crippen LogP contribution in [0.4, 0.5) is 0 Å². The molecule has 0 radical (unpaired) electrons. The van der Waals surface area contributed by atoms with Crippen molar-refractivity contribution in [1.82, 2.24) is 19.1 Å². The Hall–Kier alpha value is -1.04. The molecule has 1 aromatic heterocycles. The Kier molecular flexibility index (Phi) is 1.35. The zero-order chi connectivity index (χ0) is 7.84. The summed E-state index contributed by atoms with van der Waals surface area (Å²) in [5, 5.41) is 7.28. The van der Waals surface area contributed by atoms with Crippen LogP contribution in [0.15, 0.2) is 6.33 Å². The highest BCUT2D eigenvalue weighted by Gasteiger charge is 2.23. The molecule has 1 amide bonds. The molecule has 1 aromatic rings. The second-order valence-corrected chi connectivity index (χ2v) is 2.76. The monoisotopic (exact) mass is 170 g/mol. The van der Waals surface area contributed by atoms with Gasteiger partial charge in [0.2, 0.25) is 5.82 Å². The third-order valence-corrected chi connectivity index (χ3v) is 1.98. The predicted molar refractivity (Wildman–Crippen MR) is 40.0 cm³/mol. The lowest BCUT2D eigenvalue weighted by Crippen LogP contribution is -2.33. The van der Waals surface area contributed by atoms with Crippen LogP contribution in [-0.2, 0) is 6.54 Å². The van der Waals surface area contributed by atoms with Crippen LogP contribution in [0.3, 0.4) is 0 Å². The number of fused-ring (bicyclic) bond motifs is 1. The van der Waals surface area contributed by atoms with Crippen molar-refractivity contribution < 1.29 is 4.79 Å². The van der Waals surface area contributed by atoms with Crippen molar-refractivity contribution in [2.75, 3.05) is 6.54 Å². The largest absolute Gasteiger partial charge is 0.308 e. The van der Waals surface area contributed by atoms with Gasteiger partial charge in [-0.1, -0.05) is 12.8 Å². The molecule has 58 valence electrons. The van der Waals surface area contributed by atoms with Crippen LogP contribution < -0.4 is 0 Å². The van der Waals surface area contributed by atoms with Gasteiger partial charge in [-0.3, -0.25) is 9.10 Å². The summed E-state index contributed by atoms with van der Waals surface area (Å²) in [4.78, 5) is 11.2. The summed E-state index contributed by atoms with van der Waals surface area (Å²) in [6.45, 7) is 1.32. The lowest BCUT2D eigenvalue weighted by molar-refractivity contribution is 0.0831. The zero-order valence-corrected chi connectivity index (χ0v) is 6.53. The molecule has 0 N–H and O–H groups in total. The van der Waals surface area contributed by atoms with E-state index in [1.807, 2.05) is 0 Å². The number of thiol groups is 1. The molecule has 1 aliphatic rings. The molecular formula is C5H6N4OS. The van der Waals surface area contributed by atoms with Gasteiger partial charge in [-0.2, -0.15) is 0 Å². The Morgan fingerprint density at radius 1 is 1.55 bits per heavy atom. The summed E-state index contributed by atoms with van der Waals surface area (Å²) in [5.74, 6) is 0.184. The van der Waals surface area contributed by atoms with E-state index in [1.165, 1.54) is 4.31 Å². The highest BCUT2D eigenvalue weighted by Crippen LogP contribution is 2.09. The van der Waals surface area contributed by atoms with Gasteiger partial charge in [0, 0.05) is 6.54 Å². The second kappa shape index (κ2) is 2.23. The van der Waals surface area contributed by atoms with Crippen LogP contribution in [0, 0.1) is 0 Å². The minimum atomic E-state index is -0.183. The minimum absolute atomic E-state index is 0.183. The zero-order valence-electron chi connectivity index (χ0n) is 5.64. The van der Waals surface area contributed by atoms with E-state index in [9.17, 15) is 4.79 Å². The number of rotatable bonds is 0. The summed E-state index contributed by atoms with van der Waals surface area (Å²) >= 11 is 3.96. The minimum Gasteiger partial charge on any atom is -0.308 e. The SMILES string of the molecule is O=C1c2nncn2CCN1S. The van der Waals surface area contributed by atoms with Gasteiger partial charge in [0.05, 0.1) is 6.54 Å². The van der Waals surface area contributed by atoms with Gasteiger partial charge in [0.1, 0.15) is 6.33 Å². The van der Waals surface area contributed by atoms with E-state index in [0.717, 1.165) is 6.54 Å². The van der Waals surface area contributed by atoms with Crippen LogP contribution in [0.25, 0.3) is 0 Å². The Labute approximate surface area is 68.6 Å². The van der Waals surface area contributed by atoms with Crippen LogP contribution in [0.1, 0.15) is 10.6 Å². The normalized spacial score (nSPS) is 16.8. The summed E-state index contributed by atoms with van der Waals surface area (Å²) in [6.07, 6.45) is 1.55. The standard InChI is InChI=1S/C5H6N4OS/c10-5-4-7-6-3-8(4)1-2-9(5)11/h3,11H,1-2H2. The highest BCUT2D eigenvalue weighted by atomic mass is 32.1. The van der Waals surface area contributed by atoms with Gasteiger partial charge < -0.3 is 4.57 Å². The predicted octanol–water partition coefficient (Wildman–Crippen LogP) is -0.421. The molecule has 2 heterocycles. The molecule has 0 aliphatic carbocycles. The molecule has 0 unspecified atom stereocenters. The molecule has 0 saturated heterocycles. The molecule has 0 aromatic carbocycles. The van der Waals surface area contributed by atoms with Crippen molar-refractivity contribution in [1.29, 1.82) is 0 Å². The average molecular weight is 170 g/mol. The molecule has 2 rings (SSSR count). The molecular weight excluding hydrogens is 164 g/mol. The summed E-state index contributed by atoms with van der Waals surface area (Å²) in [5.41, 5.74) is 0. The first-order valence-electron chi connectivity index (χ1n) is 3.17. The van der Waals surface area contributed by atoms with E-state index in [4.69, 9.17) is 0 Å². The van der Waals surface area contributed by atoms with Crippen molar-refractivity contribution in [3.05, 3.63) is 12.2 Å². The fraction of sp³-hybridized carbons (Fsp3) is 0.400.